The lowest BCUT2D eigenvalue weighted by molar-refractivity contribution is -0.122. The molecule has 0 bridgehead atoms. The molecule has 0 saturated heterocycles. The Labute approximate surface area is 157 Å². The largest absolute Gasteiger partial charge is 0.353 e. The summed E-state index contributed by atoms with van der Waals surface area (Å²) in [4.78, 5) is 20.6. The SMILES string of the molecule is O=C(CCc1nc(-c2ccccc2)no1)NC1CCC(n2cncn2)CC1. The van der Waals surface area contributed by atoms with E-state index in [0.717, 1.165) is 31.2 Å². The number of hydrogen-bond donors (Lipinski definition) is 1. The smallest absolute Gasteiger partial charge is 0.227 e. The van der Waals surface area contributed by atoms with Gasteiger partial charge in [0.05, 0.1) is 6.04 Å². The minimum atomic E-state index is 0.0265. The van der Waals surface area contributed by atoms with Crippen LogP contribution in [0, 0.1) is 0 Å². The molecule has 1 aliphatic carbocycles. The van der Waals surface area contributed by atoms with Crippen LogP contribution in [0.2, 0.25) is 0 Å². The number of nitrogens with one attached hydrogen (secondary N) is 1. The molecule has 1 fully saturated rings. The average molecular weight is 366 g/mol. The van der Waals surface area contributed by atoms with Crippen LogP contribution in [0.25, 0.3) is 11.4 Å². The van der Waals surface area contributed by atoms with Gasteiger partial charge in [0.15, 0.2) is 0 Å². The quantitative estimate of drug-likeness (QED) is 0.720. The maximum atomic E-state index is 12.2. The summed E-state index contributed by atoms with van der Waals surface area (Å²) in [5.41, 5.74) is 0.904. The summed E-state index contributed by atoms with van der Waals surface area (Å²) >= 11 is 0. The highest BCUT2D eigenvalue weighted by Gasteiger charge is 2.24. The van der Waals surface area contributed by atoms with Crippen molar-refractivity contribution in [3.05, 3.63) is 48.9 Å². The van der Waals surface area contributed by atoms with Gasteiger partial charge in [-0.1, -0.05) is 35.5 Å². The van der Waals surface area contributed by atoms with Crippen LogP contribution in [0.1, 0.15) is 44.0 Å². The van der Waals surface area contributed by atoms with Gasteiger partial charge in [-0.15, -0.1) is 0 Å². The van der Waals surface area contributed by atoms with E-state index in [2.05, 4.69) is 25.5 Å². The Bertz CT molecular complexity index is 853. The second-order valence-corrected chi connectivity index (χ2v) is 6.83. The number of hydrogen-bond acceptors (Lipinski definition) is 6. The van der Waals surface area contributed by atoms with E-state index in [1.165, 1.54) is 0 Å². The third-order valence-electron chi connectivity index (χ3n) is 4.94. The highest BCUT2D eigenvalue weighted by molar-refractivity contribution is 5.76. The summed E-state index contributed by atoms with van der Waals surface area (Å²) in [6.07, 6.45) is 8.02. The van der Waals surface area contributed by atoms with Gasteiger partial charge >= 0.3 is 0 Å². The zero-order valence-electron chi connectivity index (χ0n) is 15.0. The Hall–Kier alpha value is -3.03. The number of nitrogens with zero attached hydrogens (tertiary/aromatic N) is 5. The van der Waals surface area contributed by atoms with Crippen LogP contribution in [0.4, 0.5) is 0 Å². The van der Waals surface area contributed by atoms with Crippen LogP contribution in [0.3, 0.4) is 0 Å². The first-order valence-electron chi connectivity index (χ1n) is 9.29. The standard InChI is InChI=1S/C19H22N6O2/c26-17(22-15-6-8-16(9-7-15)25-13-20-12-21-25)10-11-18-23-19(24-27-18)14-4-2-1-3-5-14/h1-5,12-13,15-16H,6-11H2,(H,22,26). The molecule has 140 valence electrons. The molecule has 0 radical (unpaired) electrons. The van der Waals surface area contributed by atoms with Gasteiger partial charge in [-0.3, -0.25) is 4.79 Å². The fourth-order valence-corrected chi connectivity index (χ4v) is 3.47. The summed E-state index contributed by atoms with van der Waals surface area (Å²) in [5.74, 6) is 1.06. The van der Waals surface area contributed by atoms with E-state index in [1.54, 1.807) is 12.7 Å². The third kappa shape index (κ3) is 4.39. The average Bonchev–Trinajstić information content (AvgIpc) is 3.40. The lowest BCUT2D eigenvalue weighted by atomic mass is 9.91. The molecule has 1 N–H and O–H groups in total. The zero-order valence-corrected chi connectivity index (χ0v) is 15.0. The Morgan fingerprint density at radius 2 is 2.00 bits per heavy atom. The van der Waals surface area contributed by atoms with Gasteiger partial charge in [0.1, 0.15) is 12.7 Å². The molecule has 27 heavy (non-hydrogen) atoms. The first-order valence-corrected chi connectivity index (χ1v) is 9.29. The number of benzene rings is 1. The molecule has 8 nitrogen and oxygen atoms in total. The molecule has 4 rings (SSSR count). The second kappa shape index (κ2) is 8.11. The summed E-state index contributed by atoms with van der Waals surface area (Å²) in [5, 5.41) is 11.3. The molecule has 3 aromatic rings. The van der Waals surface area contributed by atoms with Crippen molar-refractivity contribution in [3.63, 3.8) is 0 Å². The van der Waals surface area contributed by atoms with E-state index in [4.69, 9.17) is 4.52 Å². The van der Waals surface area contributed by atoms with Crippen molar-refractivity contribution in [2.75, 3.05) is 0 Å². The fraction of sp³-hybridized carbons (Fsp3) is 0.421. The van der Waals surface area contributed by atoms with Gasteiger partial charge < -0.3 is 9.84 Å². The number of carbonyl (C=O) groups is 1. The minimum absolute atomic E-state index is 0.0265. The highest BCUT2D eigenvalue weighted by atomic mass is 16.5. The van der Waals surface area contributed by atoms with E-state index in [1.807, 2.05) is 35.0 Å². The molecule has 1 saturated carbocycles. The predicted molar refractivity (Wildman–Crippen MR) is 97.5 cm³/mol. The zero-order chi connectivity index (χ0) is 18.5. The van der Waals surface area contributed by atoms with Crippen LogP contribution in [0.5, 0.6) is 0 Å². The Kier molecular flexibility index (Phi) is 5.22. The van der Waals surface area contributed by atoms with Crippen molar-refractivity contribution in [2.45, 2.75) is 50.6 Å². The monoisotopic (exact) mass is 366 g/mol. The van der Waals surface area contributed by atoms with Gasteiger partial charge in [0.2, 0.25) is 17.6 Å². The van der Waals surface area contributed by atoms with E-state index >= 15 is 0 Å². The van der Waals surface area contributed by atoms with Crippen LogP contribution in [-0.4, -0.2) is 36.9 Å². The number of rotatable bonds is 6. The van der Waals surface area contributed by atoms with Crippen molar-refractivity contribution in [2.24, 2.45) is 0 Å². The normalized spacial score (nSPS) is 19.7. The molecule has 0 unspecified atom stereocenters. The van der Waals surface area contributed by atoms with Crippen molar-refractivity contribution >= 4 is 5.91 Å². The summed E-state index contributed by atoms with van der Waals surface area (Å²) in [6, 6.07) is 10.3. The second-order valence-electron chi connectivity index (χ2n) is 6.83. The van der Waals surface area contributed by atoms with Crippen LogP contribution in [0.15, 0.2) is 47.5 Å². The van der Waals surface area contributed by atoms with Gasteiger partial charge in [-0.05, 0) is 25.7 Å². The van der Waals surface area contributed by atoms with Gasteiger partial charge in [0.25, 0.3) is 0 Å². The fourth-order valence-electron chi connectivity index (χ4n) is 3.47. The van der Waals surface area contributed by atoms with E-state index in [0.29, 0.717) is 30.6 Å². The number of amides is 1. The van der Waals surface area contributed by atoms with Crippen molar-refractivity contribution in [3.8, 4) is 11.4 Å². The van der Waals surface area contributed by atoms with Gasteiger partial charge in [-0.2, -0.15) is 10.1 Å². The molecule has 8 heteroatoms. The lowest BCUT2D eigenvalue weighted by Gasteiger charge is -2.28. The molecule has 2 aromatic heterocycles. The van der Waals surface area contributed by atoms with Crippen molar-refractivity contribution in [1.29, 1.82) is 0 Å². The van der Waals surface area contributed by atoms with Gasteiger partial charge in [-0.25, -0.2) is 9.67 Å². The number of aromatic nitrogens is 5. The maximum Gasteiger partial charge on any atom is 0.227 e. The molecule has 0 atom stereocenters. The molecule has 0 aliphatic heterocycles. The summed E-state index contributed by atoms with van der Waals surface area (Å²) in [6.45, 7) is 0. The molecule has 1 amide bonds. The summed E-state index contributed by atoms with van der Waals surface area (Å²) in [7, 11) is 0. The molecular weight excluding hydrogens is 344 g/mol. The molecular formula is C19H22N6O2. The molecule has 2 heterocycles. The maximum absolute atomic E-state index is 12.2. The van der Waals surface area contributed by atoms with Crippen LogP contribution < -0.4 is 5.32 Å². The highest BCUT2D eigenvalue weighted by Crippen LogP contribution is 2.27. The van der Waals surface area contributed by atoms with Crippen LogP contribution >= 0.6 is 0 Å². The third-order valence-corrected chi connectivity index (χ3v) is 4.94. The first kappa shape index (κ1) is 17.4. The Morgan fingerprint density at radius 3 is 2.74 bits per heavy atom. The molecule has 1 aromatic carbocycles. The minimum Gasteiger partial charge on any atom is -0.353 e. The first-order chi connectivity index (χ1) is 13.3. The van der Waals surface area contributed by atoms with Crippen molar-refractivity contribution in [1.82, 2.24) is 30.2 Å². The van der Waals surface area contributed by atoms with E-state index in [-0.39, 0.29) is 11.9 Å². The van der Waals surface area contributed by atoms with Gasteiger partial charge in [0, 0.05) is 24.4 Å². The lowest BCUT2D eigenvalue weighted by Crippen LogP contribution is -2.38. The Balaban J connectivity index is 1.22. The van der Waals surface area contributed by atoms with E-state index in [9.17, 15) is 4.79 Å². The molecule has 1 aliphatic rings. The number of carbonyl (C=O) groups excluding carboxylic acids is 1. The van der Waals surface area contributed by atoms with Crippen molar-refractivity contribution < 1.29 is 9.32 Å². The summed E-state index contributed by atoms with van der Waals surface area (Å²) < 4.78 is 7.17. The Morgan fingerprint density at radius 1 is 1.19 bits per heavy atom. The van der Waals surface area contributed by atoms with Crippen LogP contribution in [-0.2, 0) is 11.2 Å². The topological polar surface area (TPSA) is 98.7 Å². The number of aryl methyl sites for hydroxylation is 1. The predicted octanol–water partition coefficient (Wildman–Crippen LogP) is 2.56. The van der Waals surface area contributed by atoms with E-state index < -0.39 is 0 Å². The molecule has 0 spiro atoms.